The molecular weight excluding hydrogens is 257 g/mol. The van der Waals surface area contributed by atoms with Gasteiger partial charge in [0.2, 0.25) is 0 Å². The van der Waals surface area contributed by atoms with E-state index in [9.17, 15) is 14.9 Å². The van der Waals surface area contributed by atoms with Crippen LogP contribution in [0.4, 0.5) is 5.69 Å². The van der Waals surface area contributed by atoms with Crippen molar-refractivity contribution in [1.82, 2.24) is 0 Å². The third kappa shape index (κ3) is 2.43. The van der Waals surface area contributed by atoms with Gasteiger partial charge in [-0.15, -0.1) is 11.6 Å². The molecule has 5 nitrogen and oxygen atoms in total. The molecule has 0 saturated heterocycles. The number of benzene rings is 1. The van der Waals surface area contributed by atoms with E-state index in [4.69, 9.17) is 23.2 Å². The average Bonchev–Trinajstić information content (AvgIpc) is 2.26. The Kier molecular flexibility index (Phi) is 4.09. The molecule has 0 unspecified atom stereocenters. The highest BCUT2D eigenvalue weighted by atomic mass is 35.5. The SMILES string of the molecule is COC(=O)c1cc(Cl)cc(CCl)c1[N+](=O)[O-]. The average molecular weight is 264 g/mol. The minimum Gasteiger partial charge on any atom is -0.465 e. The molecule has 0 heterocycles. The summed E-state index contributed by atoms with van der Waals surface area (Å²) in [5.41, 5.74) is -0.388. The van der Waals surface area contributed by atoms with Crippen molar-refractivity contribution in [3.63, 3.8) is 0 Å². The maximum atomic E-state index is 11.3. The number of nitrogens with zero attached hydrogens (tertiary/aromatic N) is 1. The Balaban J connectivity index is 3.50. The van der Waals surface area contributed by atoms with Gasteiger partial charge in [0.1, 0.15) is 5.56 Å². The van der Waals surface area contributed by atoms with Crippen LogP contribution in [0.3, 0.4) is 0 Å². The van der Waals surface area contributed by atoms with Gasteiger partial charge in [0.15, 0.2) is 0 Å². The lowest BCUT2D eigenvalue weighted by Gasteiger charge is -2.05. The Labute approximate surface area is 101 Å². The van der Waals surface area contributed by atoms with Crippen LogP contribution in [0.5, 0.6) is 0 Å². The van der Waals surface area contributed by atoms with Gasteiger partial charge < -0.3 is 4.74 Å². The smallest absolute Gasteiger partial charge is 0.344 e. The van der Waals surface area contributed by atoms with E-state index < -0.39 is 10.9 Å². The number of ether oxygens (including phenoxy) is 1. The van der Waals surface area contributed by atoms with Crippen LogP contribution in [-0.2, 0) is 10.6 Å². The van der Waals surface area contributed by atoms with Crippen LogP contribution in [0.2, 0.25) is 5.02 Å². The van der Waals surface area contributed by atoms with Crippen molar-refractivity contribution in [2.24, 2.45) is 0 Å². The zero-order valence-electron chi connectivity index (χ0n) is 8.20. The maximum Gasteiger partial charge on any atom is 0.344 e. The van der Waals surface area contributed by atoms with E-state index in [2.05, 4.69) is 4.74 Å². The van der Waals surface area contributed by atoms with Crippen LogP contribution in [0.25, 0.3) is 0 Å². The zero-order valence-corrected chi connectivity index (χ0v) is 9.71. The van der Waals surface area contributed by atoms with Crippen molar-refractivity contribution in [2.45, 2.75) is 5.88 Å². The van der Waals surface area contributed by atoms with E-state index in [0.29, 0.717) is 0 Å². The Morgan fingerprint density at radius 2 is 2.19 bits per heavy atom. The van der Waals surface area contributed by atoms with E-state index in [1.54, 1.807) is 0 Å². The number of hydrogen-bond acceptors (Lipinski definition) is 4. The molecule has 0 aliphatic rings. The first-order valence-electron chi connectivity index (χ1n) is 4.12. The van der Waals surface area contributed by atoms with Crippen LogP contribution < -0.4 is 0 Å². The molecule has 16 heavy (non-hydrogen) atoms. The summed E-state index contributed by atoms with van der Waals surface area (Å²) in [7, 11) is 1.13. The van der Waals surface area contributed by atoms with Crippen LogP contribution in [0.1, 0.15) is 15.9 Å². The molecule has 0 spiro atoms. The highest BCUT2D eigenvalue weighted by Gasteiger charge is 2.25. The molecule has 0 saturated carbocycles. The molecule has 1 rings (SSSR count). The standard InChI is InChI=1S/C9H7Cl2NO4/c1-16-9(13)7-3-6(11)2-5(4-10)8(7)12(14)15/h2-3H,4H2,1H3. The monoisotopic (exact) mass is 263 g/mol. The second-order valence-corrected chi connectivity index (χ2v) is 3.55. The summed E-state index contributed by atoms with van der Waals surface area (Å²) in [5, 5.41) is 11.0. The highest BCUT2D eigenvalue weighted by molar-refractivity contribution is 6.31. The molecule has 0 aromatic heterocycles. The number of alkyl halides is 1. The largest absolute Gasteiger partial charge is 0.465 e. The van der Waals surface area contributed by atoms with Crippen molar-refractivity contribution in [3.8, 4) is 0 Å². The number of rotatable bonds is 3. The summed E-state index contributed by atoms with van der Waals surface area (Å²) in [4.78, 5) is 21.5. The number of methoxy groups -OCH3 is 1. The molecule has 0 amide bonds. The zero-order chi connectivity index (χ0) is 12.3. The van der Waals surface area contributed by atoms with Gasteiger partial charge >= 0.3 is 5.97 Å². The molecule has 0 fully saturated rings. The van der Waals surface area contributed by atoms with Gasteiger partial charge in [-0.05, 0) is 12.1 Å². The number of carbonyl (C=O) groups is 1. The first-order chi connectivity index (χ1) is 7.51. The van der Waals surface area contributed by atoms with E-state index in [0.717, 1.165) is 7.11 Å². The number of halogens is 2. The molecule has 0 N–H and O–H groups in total. The maximum absolute atomic E-state index is 11.3. The van der Waals surface area contributed by atoms with Crippen LogP contribution in [-0.4, -0.2) is 18.0 Å². The molecule has 86 valence electrons. The molecule has 1 aromatic carbocycles. The topological polar surface area (TPSA) is 69.4 Å². The Hall–Kier alpha value is -1.33. The predicted octanol–water partition coefficient (Wildman–Crippen LogP) is 2.77. The lowest BCUT2D eigenvalue weighted by Crippen LogP contribution is -2.07. The Bertz CT molecular complexity index is 447. The van der Waals surface area contributed by atoms with Crippen molar-refractivity contribution in [2.75, 3.05) is 7.11 Å². The number of nitro benzene ring substituents is 1. The van der Waals surface area contributed by atoms with Gasteiger partial charge in [-0.25, -0.2) is 4.79 Å². The van der Waals surface area contributed by atoms with Crippen molar-refractivity contribution in [3.05, 3.63) is 38.4 Å². The van der Waals surface area contributed by atoms with Crippen molar-refractivity contribution < 1.29 is 14.5 Å². The summed E-state index contributed by atoms with van der Waals surface area (Å²) < 4.78 is 4.44. The summed E-state index contributed by atoms with van der Waals surface area (Å²) in [6.45, 7) is 0. The molecule has 0 aliphatic carbocycles. The predicted molar refractivity (Wildman–Crippen MR) is 59.0 cm³/mol. The summed E-state index contributed by atoms with van der Waals surface area (Å²) >= 11 is 11.3. The van der Waals surface area contributed by atoms with E-state index in [-0.39, 0.29) is 27.7 Å². The summed E-state index contributed by atoms with van der Waals surface area (Å²) in [6.07, 6.45) is 0. The van der Waals surface area contributed by atoms with Crippen LogP contribution in [0, 0.1) is 10.1 Å². The van der Waals surface area contributed by atoms with Crippen LogP contribution in [0.15, 0.2) is 12.1 Å². The van der Waals surface area contributed by atoms with Crippen LogP contribution >= 0.6 is 23.2 Å². The molecule has 0 atom stereocenters. The van der Waals surface area contributed by atoms with Gasteiger partial charge in [-0.2, -0.15) is 0 Å². The number of esters is 1. The number of hydrogen-bond donors (Lipinski definition) is 0. The van der Waals surface area contributed by atoms with Gasteiger partial charge in [0.05, 0.1) is 17.9 Å². The summed E-state index contributed by atoms with van der Waals surface area (Å²) in [6, 6.07) is 2.53. The lowest BCUT2D eigenvalue weighted by molar-refractivity contribution is -0.385. The minimum absolute atomic E-state index is 0.110. The van der Waals surface area contributed by atoms with Gasteiger partial charge in [-0.3, -0.25) is 10.1 Å². The number of nitro groups is 1. The minimum atomic E-state index is -0.819. The van der Waals surface area contributed by atoms with E-state index in [1.807, 2.05) is 0 Å². The molecule has 0 aliphatic heterocycles. The molecule has 0 bridgehead atoms. The normalized spacial score (nSPS) is 9.94. The number of carbonyl (C=O) groups excluding carboxylic acids is 1. The third-order valence-corrected chi connectivity index (χ3v) is 2.39. The fourth-order valence-corrected chi connectivity index (χ4v) is 1.68. The third-order valence-electron chi connectivity index (χ3n) is 1.89. The fourth-order valence-electron chi connectivity index (χ4n) is 1.24. The molecule has 7 heteroatoms. The van der Waals surface area contributed by atoms with Gasteiger partial charge in [0, 0.05) is 10.6 Å². The fraction of sp³-hybridized carbons (Fsp3) is 0.222. The Morgan fingerprint density at radius 3 is 2.62 bits per heavy atom. The molecular formula is C9H7Cl2NO4. The first kappa shape index (κ1) is 12.7. The second kappa shape index (κ2) is 5.14. The Morgan fingerprint density at radius 1 is 1.56 bits per heavy atom. The second-order valence-electron chi connectivity index (χ2n) is 2.84. The highest BCUT2D eigenvalue weighted by Crippen LogP contribution is 2.29. The molecule has 0 radical (unpaired) electrons. The van der Waals surface area contributed by atoms with Crippen molar-refractivity contribution in [1.29, 1.82) is 0 Å². The van der Waals surface area contributed by atoms with Crippen molar-refractivity contribution >= 4 is 34.9 Å². The quantitative estimate of drug-likeness (QED) is 0.364. The van der Waals surface area contributed by atoms with E-state index >= 15 is 0 Å². The molecule has 1 aromatic rings. The van der Waals surface area contributed by atoms with E-state index in [1.165, 1.54) is 12.1 Å². The lowest BCUT2D eigenvalue weighted by atomic mass is 10.1. The summed E-state index contributed by atoms with van der Waals surface area (Å²) in [5.74, 6) is -0.929. The van der Waals surface area contributed by atoms with Gasteiger partial charge in [-0.1, -0.05) is 11.6 Å². The van der Waals surface area contributed by atoms with Gasteiger partial charge in [0.25, 0.3) is 5.69 Å². The first-order valence-corrected chi connectivity index (χ1v) is 5.03.